The van der Waals surface area contributed by atoms with Gasteiger partial charge in [-0.15, -0.1) is 0 Å². The summed E-state index contributed by atoms with van der Waals surface area (Å²) in [6, 6.07) is 7.77. The molecule has 0 aliphatic carbocycles. The molecule has 9 nitrogen and oxygen atoms in total. The number of aromatic amines is 1. The molecule has 2 aromatic rings. The molecule has 2 aromatic heterocycles. The van der Waals surface area contributed by atoms with Crippen LogP contribution in [0, 0.1) is 18.3 Å². The van der Waals surface area contributed by atoms with E-state index in [1.54, 1.807) is 0 Å². The van der Waals surface area contributed by atoms with E-state index < -0.39 is 0 Å². The lowest BCUT2D eigenvalue weighted by Crippen LogP contribution is -2.47. The van der Waals surface area contributed by atoms with Gasteiger partial charge in [-0.25, -0.2) is 0 Å². The minimum atomic E-state index is 0.368. The summed E-state index contributed by atoms with van der Waals surface area (Å²) in [5.74, 6) is 3.16. The Morgan fingerprint density at radius 1 is 1.17 bits per heavy atom. The predicted octanol–water partition coefficient (Wildman–Crippen LogP) is 2.78. The molecule has 3 saturated heterocycles. The third-order valence-corrected chi connectivity index (χ3v) is 6.55. The monoisotopic (exact) mass is 407 g/mol. The summed E-state index contributed by atoms with van der Waals surface area (Å²) in [6.45, 7) is 4.96. The summed E-state index contributed by atoms with van der Waals surface area (Å²) in [7, 11) is 0. The van der Waals surface area contributed by atoms with Gasteiger partial charge in [0.2, 0.25) is 5.95 Å². The van der Waals surface area contributed by atoms with Crippen LogP contribution in [0.3, 0.4) is 0 Å². The minimum absolute atomic E-state index is 0.368. The summed E-state index contributed by atoms with van der Waals surface area (Å²) < 4.78 is 0. The molecule has 0 amide bonds. The van der Waals surface area contributed by atoms with Crippen LogP contribution in [0.4, 0.5) is 23.4 Å². The molecule has 0 saturated carbocycles. The number of rotatable bonds is 7. The summed E-state index contributed by atoms with van der Waals surface area (Å²) in [4.78, 5) is 14.4. The molecule has 0 aromatic carbocycles. The molecule has 5 heterocycles. The number of piperidine rings is 1. The Morgan fingerprint density at radius 3 is 2.60 bits per heavy atom. The molecule has 3 aliphatic rings. The van der Waals surface area contributed by atoms with Crippen LogP contribution in [0.25, 0.3) is 0 Å². The maximum atomic E-state index is 8.94. The lowest BCUT2D eigenvalue weighted by atomic mass is 9.97. The Hall–Kier alpha value is -2.86. The zero-order chi connectivity index (χ0) is 20.5. The molecule has 3 N–H and O–H groups in total. The maximum absolute atomic E-state index is 8.94. The Morgan fingerprint density at radius 2 is 1.97 bits per heavy atom. The Bertz CT molecular complexity index is 915. The summed E-state index contributed by atoms with van der Waals surface area (Å²) in [5.41, 5.74) is 1.01. The van der Waals surface area contributed by atoms with E-state index >= 15 is 0 Å². The SMILES string of the molecule is Cc1cc(Nc2cc(N3CCC3)nc(N[C@@H]3C[C@H]4CC[C@@H](C3)N4CCC#N)n2)n[nH]1. The van der Waals surface area contributed by atoms with Crippen molar-refractivity contribution in [3.63, 3.8) is 0 Å². The van der Waals surface area contributed by atoms with Gasteiger partial charge in [0.1, 0.15) is 11.6 Å². The topological polar surface area (TPSA) is 109 Å². The van der Waals surface area contributed by atoms with E-state index in [4.69, 9.17) is 15.2 Å². The molecule has 5 rings (SSSR count). The van der Waals surface area contributed by atoms with Crippen LogP contribution in [0.15, 0.2) is 12.1 Å². The fraction of sp³-hybridized carbons (Fsp3) is 0.619. The molecule has 2 bridgehead atoms. The van der Waals surface area contributed by atoms with Gasteiger partial charge in [-0.3, -0.25) is 10.00 Å². The summed E-state index contributed by atoms with van der Waals surface area (Å²) in [5, 5.41) is 23.1. The second-order valence-corrected chi connectivity index (χ2v) is 8.68. The number of anilines is 4. The van der Waals surface area contributed by atoms with Gasteiger partial charge in [-0.1, -0.05) is 0 Å². The first-order valence-electron chi connectivity index (χ1n) is 11.0. The number of nitrogens with one attached hydrogen (secondary N) is 3. The van der Waals surface area contributed by atoms with E-state index in [-0.39, 0.29) is 0 Å². The highest BCUT2D eigenvalue weighted by Crippen LogP contribution is 2.37. The molecule has 0 radical (unpaired) electrons. The van der Waals surface area contributed by atoms with Crippen molar-refractivity contribution in [3.05, 3.63) is 17.8 Å². The number of nitriles is 1. The van der Waals surface area contributed by atoms with Gasteiger partial charge < -0.3 is 15.5 Å². The van der Waals surface area contributed by atoms with Crippen molar-refractivity contribution in [3.8, 4) is 6.07 Å². The lowest BCUT2D eigenvalue weighted by Gasteiger charge is -2.39. The number of aryl methyl sites for hydroxylation is 1. The first-order chi connectivity index (χ1) is 14.7. The zero-order valence-corrected chi connectivity index (χ0v) is 17.4. The summed E-state index contributed by atoms with van der Waals surface area (Å²) in [6.07, 6.45) is 6.45. The molecular weight excluding hydrogens is 378 g/mol. The largest absolute Gasteiger partial charge is 0.356 e. The highest BCUT2D eigenvalue weighted by Gasteiger charge is 2.40. The number of nitrogens with zero attached hydrogens (tertiary/aromatic N) is 6. The molecule has 158 valence electrons. The van der Waals surface area contributed by atoms with E-state index in [0.717, 1.165) is 55.6 Å². The number of H-pyrrole nitrogens is 1. The van der Waals surface area contributed by atoms with E-state index in [9.17, 15) is 0 Å². The van der Waals surface area contributed by atoms with Crippen LogP contribution < -0.4 is 15.5 Å². The lowest BCUT2D eigenvalue weighted by molar-refractivity contribution is 0.135. The van der Waals surface area contributed by atoms with Gasteiger partial charge in [0.15, 0.2) is 5.82 Å². The fourth-order valence-electron chi connectivity index (χ4n) is 5.00. The molecule has 0 unspecified atom stereocenters. The summed E-state index contributed by atoms with van der Waals surface area (Å²) >= 11 is 0. The second-order valence-electron chi connectivity index (χ2n) is 8.68. The van der Waals surface area contributed by atoms with Gasteiger partial charge in [0.25, 0.3) is 0 Å². The Kier molecular flexibility index (Phi) is 5.17. The third kappa shape index (κ3) is 3.92. The average Bonchev–Trinajstić information content (AvgIpc) is 3.18. The highest BCUT2D eigenvalue weighted by atomic mass is 15.3. The fourth-order valence-corrected chi connectivity index (χ4v) is 5.00. The van der Waals surface area contributed by atoms with Crippen LogP contribution in [0.5, 0.6) is 0 Å². The maximum Gasteiger partial charge on any atom is 0.226 e. The quantitative estimate of drug-likeness (QED) is 0.643. The number of hydrogen-bond acceptors (Lipinski definition) is 8. The molecule has 30 heavy (non-hydrogen) atoms. The number of aromatic nitrogens is 4. The molecule has 0 spiro atoms. The molecule has 3 atom stereocenters. The molecule has 3 aliphatic heterocycles. The van der Waals surface area contributed by atoms with Gasteiger partial charge in [-0.05, 0) is 39.0 Å². The van der Waals surface area contributed by atoms with Crippen LogP contribution in [-0.4, -0.2) is 62.8 Å². The van der Waals surface area contributed by atoms with E-state index in [2.05, 4.69) is 36.7 Å². The first kappa shape index (κ1) is 19.1. The van der Waals surface area contributed by atoms with Gasteiger partial charge in [0, 0.05) is 62.0 Å². The van der Waals surface area contributed by atoms with E-state index in [1.807, 2.05) is 19.1 Å². The van der Waals surface area contributed by atoms with Gasteiger partial charge in [-0.2, -0.15) is 20.3 Å². The van der Waals surface area contributed by atoms with Crippen molar-refractivity contribution in [2.24, 2.45) is 0 Å². The average molecular weight is 408 g/mol. The van der Waals surface area contributed by atoms with Gasteiger partial charge in [0.05, 0.1) is 6.07 Å². The zero-order valence-electron chi connectivity index (χ0n) is 17.4. The predicted molar refractivity (Wildman–Crippen MR) is 116 cm³/mol. The number of hydrogen-bond donors (Lipinski definition) is 3. The van der Waals surface area contributed by atoms with Crippen molar-refractivity contribution < 1.29 is 0 Å². The van der Waals surface area contributed by atoms with Crippen molar-refractivity contribution in [2.75, 3.05) is 35.2 Å². The standard InChI is InChI=1S/C21H29N9/c1-14-10-19(28-27-14)24-18-13-20(29-7-3-8-29)26-21(25-18)23-15-11-16-4-5-17(12-15)30(16)9-2-6-22/h10,13,15-17H,2-5,7-9,11-12H2,1H3,(H3,23,24,25,26,27,28)/t15-,16-,17+. The highest BCUT2D eigenvalue weighted by molar-refractivity contribution is 5.60. The Balaban J connectivity index is 1.31. The molecule has 9 heteroatoms. The van der Waals surface area contributed by atoms with Crippen molar-refractivity contribution >= 4 is 23.4 Å². The van der Waals surface area contributed by atoms with Crippen LogP contribution >= 0.6 is 0 Å². The minimum Gasteiger partial charge on any atom is -0.356 e. The van der Waals surface area contributed by atoms with Crippen LogP contribution in [0.1, 0.15) is 44.2 Å². The Labute approximate surface area is 176 Å². The van der Waals surface area contributed by atoms with Crippen molar-refractivity contribution in [1.29, 1.82) is 5.26 Å². The smallest absolute Gasteiger partial charge is 0.226 e. The van der Waals surface area contributed by atoms with Gasteiger partial charge >= 0.3 is 0 Å². The van der Waals surface area contributed by atoms with E-state index in [1.165, 1.54) is 19.3 Å². The third-order valence-electron chi connectivity index (χ3n) is 6.55. The van der Waals surface area contributed by atoms with Crippen LogP contribution in [0.2, 0.25) is 0 Å². The van der Waals surface area contributed by atoms with Crippen LogP contribution in [-0.2, 0) is 0 Å². The molecular formula is C21H29N9. The first-order valence-corrected chi connectivity index (χ1v) is 11.0. The number of fused-ring (bicyclic) bond motifs is 2. The van der Waals surface area contributed by atoms with Crippen molar-refractivity contribution in [1.82, 2.24) is 25.1 Å². The van der Waals surface area contributed by atoms with Crippen molar-refractivity contribution in [2.45, 2.75) is 63.6 Å². The van der Waals surface area contributed by atoms with E-state index in [0.29, 0.717) is 30.5 Å². The second kappa shape index (κ2) is 8.11. The normalized spacial score (nSPS) is 25.6. The molecule has 3 fully saturated rings.